The average Bonchev–Trinajstić information content (AvgIpc) is 3.16. The average molecular weight is 435 g/mol. The van der Waals surface area contributed by atoms with E-state index in [9.17, 15) is 14.0 Å². The Hall–Kier alpha value is -3.12. The molecule has 0 bridgehead atoms. The number of thioether (sulfide) groups is 1. The third kappa shape index (κ3) is 4.49. The van der Waals surface area contributed by atoms with Crippen molar-refractivity contribution in [1.29, 1.82) is 0 Å². The molecule has 1 heterocycles. The molecule has 0 spiro atoms. The molecule has 31 heavy (non-hydrogen) atoms. The molecule has 6 heteroatoms. The molecule has 4 rings (SSSR count). The van der Waals surface area contributed by atoms with E-state index in [4.69, 9.17) is 0 Å². The zero-order chi connectivity index (χ0) is 21.8. The Morgan fingerprint density at radius 3 is 2.68 bits per heavy atom. The van der Waals surface area contributed by atoms with Crippen molar-refractivity contribution in [3.05, 3.63) is 95.3 Å². The highest BCUT2D eigenvalue weighted by Gasteiger charge is 2.35. The fraction of sp³-hybridized carbons (Fsp3) is 0.200. The van der Waals surface area contributed by atoms with Crippen LogP contribution in [0, 0.1) is 5.82 Å². The van der Waals surface area contributed by atoms with Gasteiger partial charge >= 0.3 is 0 Å². The Morgan fingerprint density at radius 1 is 1.10 bits per heavy atom. The fourth-order valence-electron chi connectivity index (χ4n) is 3.77. The van der Waals surface area contributed by atoms with Crippen LogP contribution in [-0.2, 0) is 11.2 Å². The molecule has 0 radical (unpaired) electrons. The van der Waals surface area contributed by atoms with Gasteiger partial charge < -0.3 is 5.32 Å². The van der Waals surface area contributed by atoms with Crippen molar-refractivity contribution < 1.29 is 14.0 Å². The normalized spacial score (nSPS) is 15.9. The van der Waals surface area contributed by atoms with Crippen LogP contribution in [-0.4, -0.2) is 17.6 Å². The third-order valence-corrected chi connectivity index (χ3v) is 6.40. The van der Waals surface area contributed by atoms with E-state index in [0.717, 1.165) is 29.7 Å². The first-order valence-corrected chi connectivity index (χ1v) is 11.3. The number of amides is 2. The molecular weight excluding hydrogens is 411 g/mol. The van der Waals surface area contributed by atoms with Gasteiger partial charge in [0.15, 0.2) is 0 Å². The topological polar surface area (TPSA) is 49.4 Å². The molecule has 1 fully saturated rings. The molecule has 1 saturated heterocycles. The molecule has 0 aliphatic carbocycles. The summed E-state index contributed by atoms with van der Waals surface area (Å²) < 4.78 is 13.9. The summed E-state index contributed by atoms with van der Waals surface area (Å²) in [6, 6.07) is 21.3. The Balaban J connectivity index is 1.62. The van der Waals surface area contributed by atoms with Crippen molar-refractivity contribution in [2.75, 3.05) is 16.0 Å². The zero-order valence-electron chi connectivity index (χ0n) is 17.2. The van der Waals surface area contributed by atoms with Crippen LogP contribution in [0.25, 0.3) is 0 Å². The second-order valence-corrected chi connectivity index (χ2v) is 8.43. The van der Waals surface area contributed by atoms with E-state index >= 15 is 0 Å². The first-order chi connectivity index (χ1) is 15.1. The Bertz CT molecular complexity index is 1120. The number of nitrogens with zero attached hydrogens (tertiary/aromatic N) is 1. The van der Waals surface area contributed by atoms with E-state index < -0.39 is 11.7 Å². The van der Waals surface area contributed by atoms with E-state index in [1.807, 2.05) is 41.3 Å². The lowest BCUT2D eigenvalue weighted by atomic mass is 10.1. The number of hydrogen-bond acceptors (Lipinski definition) is 3. The maximum Gasteiger partial charge on any atom is 0.258 e. The number of rotatable bonds is 6. The molecular formula is C25H23FN2O2S. The molecule has 0 aromatic heterocycles. The number of anilines is 2. The summed E-state index contributed by atoms with van der Waals surface area (Å²) in [5.41, 5.74) is 3.55. The van der Waals surface area contributed by atoms with Crippen molar-refractivity contribution in [3.8, 4) is 0 Å². The molecule has 4 nitrogen and oxygen atoms in total. The SMILES string of the molecule is CCCc1ccccc1N1C(=O)CS[C@@H]1c1cccc(NC(=O)c2ccccc2F)c1. The number of halogens is 1. The quantitative estimate of drug-likeness (QED) is 0.533. The maximum atomic E-state index is 13.9. The number of aryl methyl sites for hydroxylation is 1. The predicted molar refractivity (Wildman–Crippen MR) is 124 cm³/mol. The number of para-hydroxylation sites is 1. The van der Waals surface area contributed by atoms with E-state index in [1.54, 1.807) is 30.0 Å². The summed E-state index contributed by atoms with van der Waals surface area (Å²) >= 11 is 1.56. The molecule has 158 valence electrons. The van der Waals surface area contributed by atoms with Crippen molar-refractivity contribution in [3.63, 3.8) is 0 Å². The summed E-state index contributed by atoms with van der Waals surface area (Å²) in [4.78, 5) is 27.1. The Morgan fingerprint density at radius 2 is 1.87 bits per heavy atom. The van der Waals surface area contributed by atoms with Gasteiger partial charge in [0.2, 0.25) is 5.91 Å². The van der Waals surface area contributed by atoms with Crippen molar-refractivity contribution in [2.24, 2.45) is 0 Å². The van der Waals surface area contributed by atoms with E-state index in [1.165, 1.54) is 12.1 Å². The third-order valence-electron chi connectivity index (χ3n) is 5.19. The molecule has 1 atom stereocenters. The Kier molecular flexibility index (Phi) is 6.37. The largest absolute Gasteiger partial charge is 0.322 e. The number of hydrogen-bond donors (Lipinski definition) is 1. The zero-order valence-corrected chi connectivity index (χ0v) is 18.0. The molecule has 0 unspecified atom stereocenters. The van der Waals surface area contributed by atoms with Gasteiger partial charge in [0.1, 0.15) is 11.2 Å². The van der Waals surface area contributed by atoms with Gasteiger partial charge in [-0.15, -0.1) is 11.8 Å². The van der Waals surface area contributed by atoms with E-state index in [0.29, 0.717) is 11.4 Å². The van der Waals surface area contributed by atoms with Gasteiger partial charge in [-0.3, -0.25) is 14.5 Å². The predicted octanol–water partition coefficient (Wildman–Crippen LogP) is 5.81. The molecule has 1 N–H and O–H groups in total. The summed E-state index contributed by atoms with van der Waals surface area (Å²) in [5, 5.41) is 2.58. The van der Waals surface area contributed by atoms with Gasteiger partial charge in [-0.1, -0.05) is 55.8 Å². The summed E-state index contributed by atoms with van der Waals surface area (Å²) in [5.74, 6) is -0.599. The second kappa shape index (κ2) is 9.35. The lowest BCUT2D eigenvalue weighted by Crippen LogP contribution is -2.28. The van der Waals surface area contributed by atoms with Gasteiger partial charge in [0.05, 0.1) is 11.3 Å². The first kappa shape index (κ1) is 21.1. The molecule has 2 amide bonds. The van der Waals surface area contributed by atoms with Crippen LogP contribution in [0.5, 0.6) is 0 Å². The minimum atomic E-state index is -0.563. The van der Waals surface area contributed by atoms with Crippen LogP contribution >= 0.6 is 11.8 Å². The van der Waals surface area contributed by atoms with Crippen molar-refractivity contribution >= 4 is 35.0 Å². The monoisotopic (exact) mass is 434 g/mol. The van der Waals surface area contributed by atoms with Crippen LogP contribution in [0.3, 0.4) is 0 Å². The molecule has 3 aromatic rings. The van der Waals surface area contributed by atoms with Gasteiger partial charge in [-0.05, 0) is 47.9 Å². The van der Waals surface area contributed by atoms with E-state index in [2.05, 4.69) is 18.3 Å². The number of carbonyl (C=O) groups is 2. The van der Waals surface area contributed by atoms with Crippen LogP contribution in [0.2, 0.25) is 0 Å². The lowest BCUT2D eigenvalue weighted by molar-refractivity contribution is -0.115. The first-order valence-electron chi connectivity index (χ1n) is 10.3. The number of carbonyl (C=O) groups excluding carboxylic acids is 2. The van der Waals surface area contributed by atoms with Crippen molar-refractivity contribution in [2.45, 2.75) is 25.1 Å². The Labute approximate surface area is 185 Å². The second-order valence-electron chi connectivity index (χ2n) is 7.37. The highest BCUT2D eigenvalue weighted by atomic mass is 32.2. The van der Waals surface area contributed by atoms with Gasteiger partial charge in [-0.25, -0.2) is 4.39 Å². The summed E-state index contributed by atoms with van der Waals surface area (Å²) in [6.45, 7) is 2.12. The van der Waals surface area contributed by atoms with Gasteiger partial charge in [-0.2, -0.15) is 0 Å². The summed E-state index contributed by atoms with van der Waals surface area (Å²) in [6.07, 6.45) is 1.89. The molecule has 3 aromatic carbocycles. The lowest BCUT2D eigenvalue weighted by Gasteiger charge is -2.27. The molecule has 0 saturated carbocycles. The minimum Gasteiger partial charge on any atom is -0.322 e. The maximum absolute atomic E-state index is 13.9. The highest BCUT2D eigenvalue weighted by molar-refractivity contribution is 8.00. The number of nitrogens with one attached hydrogen (secondary N) is 1. The number of benzene rings is 3. The fourth-order valence-corrected chi connectivity index (χ4v) is 4.93. The molecule has 1 aliphatic heterocycles. The van der Waals surface area contributed by atoms with Crippen LogP contribution < -0.4 is 10.2 Å². The van der Waals surface area contributed by atoms with Gasteiger partial charge in [0.25, 0.3) is 5.91 Å². The highest BCUT2D eigenvalue weighted by Crippen LogP contribution is 2.43. The summed E-state index contributed by atoms with van der Waals surface area (Å²) in [7, 11) is 0. The molecule has 1 aliphatic rings. The standard InChI is InChI=1S/C25H23FN2O2S/c1-2-8-17-9-3-6-14-22(17)28-23(29)16-31-25(28)18-10-7-11-19(15-18)27-24(30)20-12-4-5-13-21(20)26/h3-7,9-15,25H,2,8,16H2,1H3,(H,27,30)/t25-/m1/s1. The van der Waals surface area contributed by atoms with Crippen LogP contribution in [0.4, 0.5) is 15.8 Å². The van der Waals surface area contributed by atoms with E-state index in [-0.39, 0.29) is 16.8 Å². The smallest absolute Gasteiger partial charge is 0.258 e. The minimum absolute atomic E-state index is 0.00607. The van der Waals surface area contributed by atoms with Gasteiger partial charge in [0, 0.05) is 11.4 Å². The van der Waals surface area contributed by atoms with Crippen LogP contribution in [0.1, 0.15) is 40.2 Å². The van der Waals surface area contributed by atoms with Crippen LogP contribution in [0.15, 0.2) is 72.8 Å². The van der Waals surface area contributed by atoms with Crippen molar-refractivity contribution in [1.82, 2.24) is 0 Å².